The molecule has 0 bridgehead atoms. The number of hydrogen-bond acceptors (Lipinski definition) is 10. The van der Waals surface area contributed by atoms with Crippen LogP contribution in [0.3, 0.4) is 0 Å². The van der Waals surface area contributed by atoms with E-state index in [1.807, 2.05) is 13.8 Å². The lowest BCUT2D eigenvalue weighted by Crippen LogP contribution is -2.55. The summed E-state index contributed by atoms with van der Waals surface area (Å²) in [6.07, 6.45) is -1.01. The van der Waals surface area contributed by atoms with E-state index >= 15 is 0 Å². The van der Waals surface area contributed by atoms with E-state index in [-0.39, 0.29) is 18.6 Å². The van der Waals surface area contributed by atoms with Gasteiger partial charge in [-0.1, -0.05) is 43.9 Å². The SMILES string of the molecule is CC(=O)OC[C@H]1O[C@H]([C@@H](OC(=O)C(C)(C)C)C(=O)N2C(=S)SC[C@@H]2C(C)C)C=C[C@@H]1OC(C)=O. The van der Waals surface area contributed by atoms with Gasteiger partial charge in [0.2, 0.25) is 6.10 Å². The first kappa shape index (κ1) is 28.3. The summed E-state index contributed by atoms with van der Waals surface area (Å²) in [6, 6.07) is -0.154. The number of carbonyl (C=O) groups is 4. The van der Waals surface area contributed by atoms with Gasteiger partial charge in [-0.05, 0) is 32.8 Å². The molecule has 0 aromatic carbocycles. The van der Waals surface area contributed by atoms with Crippen molar-refractivity contribution in [2.24, 2.45) is 11.3 Å². The molecule has 2 aliphatic rings. The van der Waals surface area contributed by atoms with Crippen molar-refractivity contribution in [2.45, 2.75) is 78.9 Å². The Kier molecular flexibility index (Phi) is 9.67. The standard InChI is InChI=1S/C23H33NO8S2/c1-12(2)15-11-34-22(33)24(15)20(27)19(32-21(28)23(5,6)7)17-9-8-16(30-14(4)26)18(31-17)10-29-13(3)25/h8-9,12,15-19H,10-11H2,1-7H3/t15-,16+,17+,18-,19-/m1/s1. The van der Waals surface area contributed by atoms with Gasteiger partial charge in [-0.2, -0.15) is 0 Å². The average molecular weight is 516 g/mol. The maximum absolute atomic E-state index is 13.7. The highest BCUT2D eigenvalue weighted by atomic mass is 32.2. The molecule has 0 radical (unpaired) electrons. The van der Waals surface area contributed by atoms with Crippen molar-refractivity contribution >= 4 is 52.1 Å². The Morgan fingerprint density at radius 2 is 1.82 bits per heavy atom. The minimum Gasteiger partial charge on any atom is -0.463 e. The highest BCUT2D eigenvalue weighted by molar-refractivity contribution is 8.23. The van der Waals surface area contributed by atoms with Gasteiger partial charge in [0, 0.05) is 19.6 Å². The van der Waals surface area contributed by atoms with Gasteiger partial charge in [0.15, 0.2) is 0 Å². The van der Waals surface area contributed by atoms with Gasteiger partial charge in [-0.3, -0.25) is 24.1 Å². The molecule has 0 aliphatic carbocycles. The molecule has 190 valence electrons. The summed E-state index contributed by atoms with van der Waals surface area (Å²) in [7, 11) is 0. The van der Waals surface area contributed by atoms with Crippen molar-refractivity contribution in [3.8, 4) is 0 Å². The van der Waals surface area contributed by atoms with Crippen LogP contribution in [-0.2, 0) is 38.1 Å². The fraction of sp³-hybridized carbons (Fsp3) is 0.696. The van der Waals surface area contributed by atoms with Gasteiger partial charge < -0.3 is 18.9 Å². The zero-order valence-electron chi connectivity index (χ0n) is 20.6. The molecule has 0 spiro atoms. The van der Waals surface area contributed by atoms with E-state index in [4.69, 9.17) is 31.2 Å². The lowest BCUT2D eigenvalue weighted by Gasteiger charge is -2.37. The number of thioether (sulfide) groups is 1. The summed E-state index contributed by atoms with van der Waals surface area (Å²) < 4.78 is 22.5. The Morgan fingerprint density at radius 1 is 1.18 bits per heavy atom. The second-order valence-electron chi connectivity index (χ2n) is 9.57. The van der Waals surface area contributed by atoms with E-state index in [1.165, 1.54) is 36.6 Å². The summed E-state index contributed by atoms with van der Waals surface area (Å²) >= 11 is 6.83. The van der Waals surface area contributed by atoms with Crippen LogP contribution in [0.15, 0.2) is 12.2 Å². The summed E-state index contributed by atoms with van der Waals surface area (Å²) in [5, 5.41) is 0. The van der Waals surface area contributed by atoms with Gasteiger partial charge in [0.1, 0.15) is 29.2 Å². The average Bonchev–Trinajstić information content (AvgIpc) is 3.11. The number of rotatable bonds is 7. The molecule has 1 fully saturated rings. The van der Waals surface area contributed by atoms with E-state index in [0.29, 0.717) is 10.1 Å². The molecule has 9 nitrogen and oxygen atoms in total. The van der Waals surface area contributed by atoms with Crippen LogP contribution >= 0.6 is 24.0 Å². The molecule has 2 aliphatic heterocycles. The van der Waals surface area contributed by atoms with Crippen LogP contribution in [0, 0.1) is 11.3 Å². The van der Waals surface area contributed by atoms with Crippen molar-refractivity contribution in [3.63, 3.8) is 0 Å². The topological polar surface area (TPSA) is 108 Å². The number of esters is 3. The van der Waals surface area contributed by atoms with Crippen molar-refractivity contribution in [3.05, 3.63) is 12.2 Å². The first-order chi connectivity index (χ1) is 15.7. The molecule has 5 atom stereocenters. The quantitative estimate of drug-likeness (QED) is 0.217. The van der Waals surface area contributed by atoms with E-state index < -0.39 is 53.6 Å². The third kappa shape index (κ3) is 7.26. The number of hydrogen-bond donors (Lipinski definition) is 0. The smallest absolute Gasteiger partial charge is 0.312 e. The maximum Gasteiger partial charge on any atom is 0.312 e. The second kappa shape index (κ2) is 11.6. The molecule has 0 N–H and O–H groups in total. The zero-order chi connectivity index (χ0) is 25.8. The van der Waals surface area contributed by atoms with Crippen LogP contribution < -0.4 is 0 Å². The van der Waals surface area contributed by atoms with E-state index in [1.54, 1.807) is 26.8 Å². The van der Waals surface area contributed by atoms with E-state index in [9.17, 15) is 19.2 Å². The Morgan fingerprint density at radius 3 is 2.35 bits per heavy atom. The molecule has 0 aromatic rings. The molecule has 34 heavy (non-hydrogen) atoms. The first-order valence-corrected chi connectivity index (χ1v) is 12.5. The van der Waals surface area contributed by atoms with Crippen LogP contribution in [0.5, 0.6) is 0 Å². The van der Waals surface area contributed by atoms with Gasteiger partial charge >= 0.3 is 17.9 Å². The number of carbonyl (C=O) groups excluding carboxylic acids is 4. The van der Waals surface area contributed by atoms with Gasteiger partial charge in [-0.25, -0.2) is 0 Å². The molecule has 0 aromatic heterocycles. The maximum atomic E-state index is 13.7. The number of thiocarbonyl (C=S) groups is 1. The number of amides is 1. The van der Waals surface area contributed by atoms with Gasteiger partial charge in [0.25, 0.3) is 5.91 Å². The van der Waals surface area contributed by atoms with E-state index in [0.717, 1.165) is 0 Å². The Bertz CT molecular complexity index is 850. The molecule has 1 amide bonds. The van der Waals surface area contributed by atoms with E-state index in [2.05, 4.69) is 0 Å². The Labute approximate surface area is 209 Å². The van der Waals surface area contributed by atoms with Gasteiger partial charge in [-0.15, -0.1) is 0 Å². The van der Waals surface area contributed by atoms with Crippen molar-refractivity contribution in [2.75, 3.05) is 12.4 Å². The number of nitrogens with zero attached hydrogens (tertiary/aromatic N) is 1. The third-order valence-corrected chi connectivity index (χ3v) is 6.74. The van der Waals surface area contributed by atoms with Crippen LogP contribution in [-0.4, -0.2) is 75.9 Å². The predicted molar refractivity (Wildman–Crippen MR) is 130 cm³/mol. The highest BCUT2D eigenvalue weighted by Crippen LogP contribution is 2.32. The largest absolute Gasteiger partial charge is 0.463 e. The molecular formula is C23H33NO8S2. The fourth-order valence-corrected chi connectivity index (χ4v) is 4.99. The minimum atomic E-state index is -1.33. The van der Waals surface area contributed by atoms with Crippen LogP contribution in [0.25, 0.3) is 0 Å². The molecule has 11 heteroatoms. The van der Waals surface area contributed by atoms with Crippen LogP contribution in [0.4, 0.5) is 0 Å². The Hall–Kier alpha value is -1.98. The summed E-state index contributed by atoms with van der Waals surface area (Å²) in [5.74, 6) is -1.38. The molecule has 0 unspecified atom stereocenters. The van der Waals surface area contributed by atoms with Gasteiger partial charge in [0.05, 0.1) is 11.5 Å². The molecule has 2 heterocycles. The van der Waals surface area contributed by atoms with Crippen molar-refractivity contribution < 1.29 is 38.1 Å². The lowest BCUT2D eigenvalue weighted by atomic mass is 9.96. The lowest BCUT2D eigenvalue weighted by molar-refractivity contribution is -0.186. The van der Waals surface area contributed by atoms with Crippen LogP contribution in [0.1, 0.15) is 48.5 Å². The predicted octanol–water partition coefficient (Wildman–Crippen LogP) is 2.65. The van der Waals surface area contributed by atoms with Crippen LogP contribution in [0.2, 0.25) is 0 Å². The fourth-order valence-electron chi connectivity index (χ4n) is 3.35. The second-order valence-corrected chi connectivity index (χ2v) is 11.2. The monoisotopic (exact) mass is 515 g/mol. The summed E-state index contributed by atoms with van der Waals surface area (Å²) in [4.78, 5) is 50.9. The summed E-state index contributed by atoms with van der Waals surface area (Å²) in [5.41, 5.74) is -0.869. The molecular weight excluding hydrogens is 482 g/mol. The number of ether oxygens (including phenoxy) is 4. The highest BCUT2D eigenvalue weighted by Gasteiger charge is 2.46. The third-order valence-electron chi connectivity index (χ3n) is 5.24. The van der Waals surface area contributed by atoms with Crippen molar-refractivity contribution in [1.29, 1.82) is 0 Å². The molecule has 0 saturated carbocycles. The van der Waals surface area contributed by atoms with Crippen molar-refractivity contribution in [1.82, 2.24) is 4.90 Å². The minimum absolute atomic E-state index is 0.128. The molecule has 2 rings (SSSR count). The molecule has 1 saturated heterocycles. The Balaban J connectivity index is 2.40. The summed E-state index contributed by atoms with van der Waals surface area (Å²) in [6.45, 7) is 11.3. The first-order valence-electron chi connectivity index (χ1n) is 11.1. The zero-order valence-corrected chi connectivity index (χ0v) is 22.2. The normalized spacial score (nSPS) is 25.8.